The molecule has 0 aromatic carbocycles. The Labute approximate surface area is 125 Å². The number of hydrogen-bond donors (Lipinski definition) is 2. The molecule has 0 fully saturated rings. The molecule has 0 unspecified atom stereocenters. The summed E-state index contributed by atoms with van der Waals surface area (Å²) in [5.41, 5.74) is 0. The van der Waals surface area contributed by atoms with Crippen LogP contribution in [0.2, 0.25) is 0 Å². The molecule has 0 aliphatic heterocycles. The van der Waals surface area contributed by atoms with Crippen molar-refractivity contribution < 1.29 is 42.0 Å². The Bertz CT molecular complexity index is 169. The molecule has 0 saturated carbocycles. The number of carbonyl (C=O) groups excluding carboxylic acids is 1. The minimum absolute atomic E-state index is 0. The van der Waals surface area contributed by atoms with Gasteiger partial charge in [-0.1, -0.05) is 0 Å². The number of quaternary nitrogens is 1. The number of rotatable bonds is 4. The number of amides is 2. The third-order valence-corrected chi connectivity index (χ3v) is 1.27. The van der Waals surface area contributed by atoms with Crippen LogP contribution in [-0.4, -0.2) is 64.0 Å². The van der Waals surface area contributed by atoms with Crippen LogP contribution in [0, 0.1) is 6.92 Å². The minimum atomic E-state index is -0.123. The van der Waals surface area contributed by atoms with Crippen LogP contribution in [-0.2, 0) is 32.7 Å². The van der Waals surface area contributed by atoms with Crippen molar-refractivity contribution in [1.29, 1.82) is 0 Å². The van der Waals surface area contributed by atoms with Gasteiger partial charge in [0.25, 0.3) is 0 Å². The van der Waals surface area contributed by atoms with Crippen molar-refractivity contribution in [2.24, 2.45) is 0 Å². The zero-order chi connectivity index (χ0) is 12.5. The van der Waals surface area contributed by atoms with Crippen LogP contribution in [0.15, 0.2) is 0 Å². The molecule has 0 spiro atoms. The zero-order valence-corrected chi connectivity index (χ0v) is 14.3. The second kappa shape index (κ2) is 11.8. The topological polar surface area (TPSA) is 44.4 Å². The molecule has 2 N–H and O–H groups in total. The molecule has 1 radical (unpaired) electrons. The van der Waals surface area contributed by atoms with E-state index in [0.717, 1.165) is 4.48 Å². The summed E-state index contributed by atoms with van der Waals surface area (Å²) in [7, 11) is 9.87. The Balaban J connectivity index is -0.000000529. The van der Waals surface area contributed by atoms with E-state index in [4.69, 9.17) is 0 Å². The van der Waals surface area contributed by atoms with E-state index in [9.17, 15) is 4.79 Å². The van der Waals surface area contributed by atoms with Crippen LogP contribution in [0.5, 0.6) is 0 Å². The number of hydrogen-bond acceptors (Lipinski definition) is 2. The van der Waals surface area contributed by atoms with E-state index < -0.39 is 0 Å². The normalized spacial score (nSPS) is 9.75. The third-order valence-electron chi connectivity index (χ3n) is 1.27. The first-order valence-electron chi connectivity index (χ1n) is 4.99. The largest absolute Gasteiger partial charge is 0.346 e. The Morgan fingerprint density at radius 2 is 1.62 bits per heavy atom. The molecule has 95 valence electrons. The van der Waals surface area contributed by atoms with Gasteiger partial charge in [-0.25, -0.2) is 4.79 Å². The van der Waals surface area contributed by atoms with Gasteiger partial charge in [-0.15, -0.1) is 0 Å². The van der Waals surface area contributed by atoms with Crippen LogP contribution in [0.25, 0.3) is 0 Å². The van der Waals surface area contributed by atoms with Crippen molar-refractivity contribution in [2.45, 2.75) is 6.92 Å². The van der Waals surface area contributed by atoms with Gasteiger partial charge in [0.15, 0.2) is 6.67 Å². The van der Waals surface area contributed by atoms with E-state index in [1.807, 2.05) is 40.1 Å². The van der Waals surface area contributed by atoms with Gasteiger partial charge in [-0.3, -0.25) is 10.2 Å². The SMILES string of the molecule is CN(C)CNC(=O)NC[N+](C)(C)C.[CH2-]C.[Y]. The molecule has 0 aliphatic rings. The Morgan fingerprint density at radius 1 is 1.19 bits per heavy atom. The summed E-state index contributed by atoms with van der Waals surface area (Å²) in [4.78, 5) is 13.0. The second-order valence-electron chi connectivity index (χ2n) is 4.37. The fraction of sp³-hybridized carbons (Fsp3) is 0.800. The van der Waals surface area contributed by atoms with Crippen LogP contribution in [0.3, 0.4) is 0 Å². The number of carbonyl (C=O) groups is 1. The minimum Gasteiger partial charge on any atom is -0.346 e. The van der Waals surface area contributed by atoms with Crippen molar-refractivity contribution in [1.82, 2.24) is 15.5 Å². The van der Waals surface area contributed by atoms with Gasteiger partial charge in [0.2, 0.25) is 0 Å². The molecule has 5 nitrogen and oxygen atoms in total. The predicted molar refractivity (Wildman–Crippen MR) is 64.2 cm³/mol. The molecule has 0 saturated heterocycles. The van der Waals surface area contributed by atoms with Gasteiger partial charge in [-0.2, -0.15) is 6.92 Å². The van der Waals surface area contributed by atoms with Crippen LogP contribution < -0.4 is 10.6 Å². The molecule has 6 heteroatoms. The van der Waals surface area contributed by atoms with Gasteiger partial charge < -0.3 is 16.7 Å². The zero-order valence-electron chi connectivity index (χ0n) is 11.5. The molecule has 2 amide bonds. The van der Waals surface area contributed by atoms with Crippen molar-refractivity contribution in [3.63, 3.8) is 0 Å². The molecule has 0 aromatic heterocycles. The summed E-state index contributed by atoms with van der Waals surface area (Å²) in [6.45, 7) is 6.18. The maximum atomic E-state index is 11.1. The molecule has 0 bridgehead atoms. The molecule has 0 rings (SSSR count). The summed E-state index contributed by atoms with van der Waals surface area (Å²) in [6, 6.07) is -0.123. The maximum Gasteiger partial charge on any atom is 0.320 e. The fourth-order valence-electron chi connectivity index (χ4n) is 0.601. The van der Waals surface area contributed by atoms with E-state index in [2.05, 4.69) is 17.6 Å². The van der Waals surface area contributed by atoms with Crippen molar-refractivity contribution in [3.05, 3.63) is 6.92 Å². The van der Waals surface area contributed by atoms with Gasteiger partial charge >= 0.3 is 6.03 Å². The molecular formula is C10H26N4OY. The van der Waals surface area contributed by atoms with Crippen LogP contribution in [0.1, 0.15) is 6.92 Å². The quantitative estimate of drug-likeness (QED) is 0.446. The smallest absolute Gasteiger partial charge is 0.320 e. The summed E-state index contributed by atoms with van der Waals surface area (Å²) >= 11 is 0. The van der Waals surface area contributed by atoms with Crippen LogP contribution >= 0.6 is 0 Å². The first-order chi connectivity index (χ1) is 6.81. The van der Waals surface area contributed by atoms with Crippen molar-refractivity contribution in [2.75, 3.05) is 48.6 Å². The molecule has 16 heavy (non-hydrogen) atoms. The first-order valence-corrected chi connectivity index (χ1v) is 4.99. The molecule has 0 heterocycles. The van der Waals surface area contributed by atoms with Crippen molar-refractivity contribution in [3.8, 4) is 0 Å². The maximum absolute atomic E-state index is 11.1. The Morgan fingerprint density at radius 3 is 1.94 bits per heavy atom. The average molecular weight is 307 g/mol. The van der Waals surface area contributed by atoms with Crippen LogP contribution in [0.4, 0.5) is 4.79 Å². The van der Waals surface area contributed by atoms with E-state index in [1.54, 1.807) is 6.92 Å². The molecule has 0 atom stereocenters. The van der Waals surface area contributed by atoms with E-state index in [1.165, 1.54) is 0 Å². The Kier molecular flexibility index (Phi) is 15.9. The van der Waals surface area contributed by atoms with E-state index in [-0.39, 0.29) is 38.7 Å². The molecule has 0 aromatic rings. The van der Waals surface area contributed by atoms with Gasteiger partial charge in [0.1, 0.15) is 0 Å². The number of nitrogens with one attached hydrogen (secondary N) is 2. The first kappa shape index (κ1) is 21.6. The molecular weight excluding hydrogens is 281 g/mol. The van der Waals surface area contributed by atoms with Crippen molar-refractivity contribution >= 4 is 6.03 Å². The fourth-order valence-corrected chi connectivity index (χ4v) is 0.601. The monoisotopic (exact) mass is 307 g/mol. The summed E-state index contributed by atoms with van der Waals surface area (Å²) in [5.74, 6) is 0. The van der Waals surface area contributed by atoms with Gasteiger partial charge in [0.05, 0.1) is 27.8 Å². The van der Waals surface area contributed by atoms with E-state index >= 15 is 0 Å². The van der Waals surface area contributed by atoms with E-state index in [0.29, 0.717) is 13.3 Å². The summed E-state index contributed by atoms with van der Waals surface area (Å²) < 4.78 is 0.718. The standard InChI is InChI=1S/C8H20N4O.C2H5.Y/c1-11(2)6-9-8(13)10-7-12(3,4)5;1-2;/h6-7H2,1-5H3,(H-,9,10,13);1H2,2H3;/q;-1;/p+1. The predicted octanol–water partition coefficient (Wildman–Crippen LogP) is 0.306. The second-order valence-corrected chi connectivity index (χ2v) is 4.37. The van der Waals surface area contributed by atoms with Gasteiger partial charge in [-0.05, 0) is 14.1 Å². The summed E-state index contributed by atoms with van der Waals surface area (Å²) in [5, 5.41) is 5.49. The summed E-state index contributed by atoms with van der Waals surface area (Å²) in [6.07, 6.45) is 0. The number of urea groups is 1. The third kappa shape index (κ3) is 19.8. The molecule has 0 aliphatic carbocycles. The van der Waals surface area contributed by atoms with Gasteiger partial charge in [0, 0.05) is 32.7 Å². The number of nitrogens with zero attached hydrogens (tertiary/aromatic N) is 2. The Hall–Kier alpha value is 0.294. The average Bonchev–Trinajstić information content (AvgIpc) is 2.13.